The number of hydrogen-bond acceptors (Lipinski definition) is 1. The van der Waals surface area contributed by atoms with E-state index in [9.17, 15) is 18.0 Å². The Morgan fingerprint density at radius 2 is 1.74 bits per heavy atom. The molecule has 1 fully saturated rings. The summed E-state index contributed by atoms with van der Waals surface area (Å²) < 4.78 is 37.2. The molecule has 1 saturated carbocycles. The lowest BCUT2D eigenvalue weighted by Crippen LogP contribution is -2.40. The van der Waals surface area contributed by atoms with Crippen LogP contribution in [-0.4, -0.2) is 36.0 Å². The van der Waals surface area contributed by atoms with Crippen molar-refractivity contribution in [3.05, 3.63) is 0 Å². The Balaban J connectivity index is 2.50. The molecule has 0 unspecified atom stereocenters. The first-order chi connectivity index (χ1) is 8.92. The fourth-order valence-corrected chi connectivity index (χ4v) is 2.76. The average molecular weight is 300 g/mol. The summed E-state index contributed by atoms with van der Waals surface area (Å²) >= 11 is 5.48. The van der Waals surface area contributed by atoms with E-state index in [4.69, 9.17) is 11.6 Å². The third kappa shape index (κ3) is 7.04. The first kappa shape index (κ1) is 16.6. The van der Waals surface area contributed by atoms with E-state index in [1.807, 2.05) is 0 Å². The van der Waals surface area contributed by atoms with Crippen LogP contribution in [0.25, 0.3) is 0 Å². The molecule has 0 saturated heterocycles. The number of alkyl halides is 4. The second-order valence-electron chi connectivity index (χ2n) is 5.18. The van der Waals surface area contributed by atoms with Crippen LogP contribution < -0.4 is 0 Å². The van der Waals surface area contributed by atoms with Gasteiger partial charge in [0.25, 0.3) is 0 Å². The number of rotatable bonds is 5. The number of halogens is 4. The van der Waals surface area contributed by atoms with Crippen LogP contribution in [0.2, 0.25) is 0 Å². The molecule has 19 heavy (non-hydrogen) atoms. The Morgan fingerprint density at radius 1 is 1.16 bits per heavy atom. The smallest absolute Gasteiger partial charge is 0.332 e. The molecule has 0 aromatic rings. The maximum absolute atomic E-state index is 12.4. The van der Waals surface area contributed by atoms with Crippen molar-refractivity contribution in [2.45, 2.75) is 51.1 Å². The summed E-state index contributed by atoms with van der Waals surface area (Å²) in [6, 6.07) is 0. The van der Waals surface area contributed by atoms with Gasteiger partial charge in [-0.1, -0.05) is 25.7 Å². The maximum Gasteiger partial charge on any atom is 0.406 e. The monoisotopic (exact) mass is 299 g/mol. The zero-order chi connectivity index (χ0) is 14.3. The van der Waals surface area contributed by atoms with Crippen LogP contribution in [0.1, 0.15) is 44.9 Å². The highest BCUT2D eigenvalue weighted by Gasteiger charge is 2.33. The summed E-state index contributed by atoms with van der Waals surface area (Å²) in [6.45, 7) is -1.22. The van der Waals surface area contributed by atoms with Crippen LogP contribution in [-0.2, 0) is 4.79 Å². The van der Waals surface area contributed by atoms with E-state index in [2.05, 4.69) is 0 Å². The van der Waals surface area contributed by atoms with Crippen LogP contribution in [0.4, 0.5) is 13.2 Å². The van der Waals surface area contributed by atoms with Gasteiger partial charge >= 0.3 is 6.18 Å². The molecule has 0 aromatic carbocycles. The molecule has 0 aliphatic heterocycles. The van der Waals surface area contributed by atoms with Gasteiger partial charge in [0.05, 0.1) is 0 Å². The van der Waals surface area contributed by atoms with Gasteiger partial charge in [0.1, 0.15) is 6.54 Å². The molecule has 1 amide bonds. The minimum atomic E-state index is -4.36. The normalized spacial score (nSPS) is 18.1. The summed E-state index contributed by atoms with van der Waals surface area (Å²) in [4.78, 5) is 12.8. The molecule has 0 aromatic heterocycles. The van der Waals surface area contributed by atoms with Gasteiger partial charge in [-0.2, -0.15) is 13.2 Å². The molecule has 2 nitrogen and oxygen atoms in total. The molecule has 0 N–H and O–H groups in total. The quantitative estimate of drug-likeness (QED) is 0.555. The Labute approximate surface area is 117 Å². The van der Waals surface area contributed by atoms with E-state index in [1.165, 1.54) is 12.8 Å². The minimum absolute atomic E-state index is 0.0342. The molecule has 0 heterocycles. The van der Waals surface area contributed by atoms with Gasteiger partial charge in [-0.05, 0) is 18.8 Å². The van der Waals surface area contributed by atoms with E-state index in [-0.39, 0.29) is 24.8 Å². The second kappa shape index (κ2) is 7.98. The highest BCUT2D eigenvalue weighted by atomic mass is 35.5. The lowest BCUT2D eigenvalue weighted by atomic mass is 9.96. The van der Waals surface area contributed by atoms with Gasteiger partial charge in [-0.25, -0.2) is 0 Å². The average Bonchev–Trinajstić information content (AvgIpc) is 2.55. The fourth-order valence-electron chi connectivity index (χ4n) is 2.55. The van der Waals surface area contributed by atoms with Crippen molar-refractivity contribution >= 4 is 17.5 Å². The van der Waals surface area contributed by atoms with Crippen molar-refractivity contribution in [1.82, 2.24) is 4.90 Å². The highest BCUT2D eigenvalue weighted by Crippen LogP contribution is 2.26. The lowest BCUT2D eigenvalue weighted by Gasteiger charge is -2.25. The van der Waals surface area contributed by atoms with Gasteiger partial charge in [0.2, 0.25) is 5.91 Å². The van der Waals surface area contributed by atoms with Gasteiger partial charge in [0.15, 0.2) is 0 Å². The van der Waals surface area contributed by atoms with Crippen LogP contribution in [0.15, 0.2) is 0 Å². The molecule has 0 radical (unpaired) electrons. The van der Waals surface area contributed by atoms with Crippen molar-refractivity contribution in [3.63, 3.8) is 0 Å². The standard InChI is InChI=1S/C13H21ClF3NO/c14-7-8-18(10-13(15,16)17)12(19)9-11-5-3-1-2-4-6-11/h11H,1-10H2. The molecule has 0 spiro atoms. The molecular weight excluding hydrogens is 279 g/mol. The first-order valence-corrected chi connectivity index (χ1v) is 7.36. The summed E-state index contributed by atoms with van der Waals surface area (Å²) in [5, 5.41) is 0. The summed E-state index contributed by atoms with van der Waals surface area (Å²) in [5.74, 6) is -0.141. The van der Waals surface area contributed by atoms with Crippen molar-refractivity contribution in [3.8, 4) is 0 Å². The Hall–Kier alpha value is -0.450. The predicted molar refractivity (Wildman–Crippen MR) is 69.2 cm³/mol. The Morgan fingerprint density at radius 3 is 2.21 bits per heavy atom. The van der Waals surface area contributed by atoms with Crippen molar-refractivity contribution in [2.24, 2.45) is 5.92 Å². The number of hydrogen-bond donors (Lipinski definition) is 0. The van der Waals surface area contributed by atoms with Crippen LogP contribution in [0.5, 0.6) is 0 Å². The first-order valence-electron chi connectivity index (χ1n) is 6.83. The van der Waals surface area contributed by atoms with Crippen LogP contribution in [0.3, 0.4) is 0 Å². The van der Waals surface area contributed by atoms with Crippen molar-refractivity contribution in [2.75, 3.05) is 19.0 Å². The van der Waals surface area contributed by atoms with Crippen LogP contribution in [0, 0.1) is 5.92 Å². The summed E-state index contributed by atoms with van der Waals surface area (Å²) in [7, 11) is 0. The number of carbonyl (C=O) groups is 1. The van der Waals surface area contributed by atoms with Gasteiger partial charge < -0.3 is 4.90 Å². The molecular formula is C13H21ClF3NO. The summed E-state index contributed by atoms with van der Waals surface area (Å²) in [5.41, 5.74) is 0. The maximum atomic E-state index is 12.4. The van der Waals surface area contributed by atoms with E-state index in [0.717, 1.165) is 30.6 Å². The zero-order valence-electron chi connectivity index (χ0n) is 11.0. The molecule has 0 atom stereocenters. The van der Waals surface area contributed by atoms with Crippen LogP contribution >= 0.6 is 11.6 Å². The van der Waals surface area contributed by atoms with Gasteiger partial charge in [-0.15, -0.1) is 11.6 Å². The van der Waals surface area contributed by atoms with Crippen molar-refractivity contribution in [1.29, 1.82) is 0 Å². The van der Waals surface area contributed by atoms with E-state index >= 15 is 0 Å². The third-order valence-corrected chi connectivity index (χ3v) is 3.68. The molecule has 112 valence electrons. The van der Waals surface area contributed by atoms with E-state index in [1.54, 1.807) is 0 Å². The molecule has 1 rings (SSSR count). The highest BCUT2D eigenvalue weighted by molar-refractivity contribution is 6.18. The fraction of sp³-hybridized carbons (Fsp3) is 0.923. The molecule has 0 bridgehead atoms. The SMILES string of the molecule is O=C(CC1CCCCCC1)N(CCCl)CC(F)(F)F. The molecule has 1 aliphatic carbocycles. The zero-order valence-corrected chi connectivity index (χ0v) is 11.8. The predicted octanol–water partition coefficient (Wildman–Crippen LogP) is 3.98. The third-order valence-electron chi connectivity index (χ3n) is 3.52. The summed E-state index contributed by atoms with van der Waals surface area (Å²) in [6.07, 6.45) is 2.26. The topological polar surface area (TPSA) is 20.3 Å². The molecule has 6 heteroatoms. The number of carbonyl (C=O) groups excluding carboxylic acids is 1. The second-order valence-corrected chi connectivity index (χ2v) is 5.56. The van der Waals surface area contributed by atoms with E-state index < -0.39 is 18.6 Å². The van der Waals surface area contributed by atoms with Gasteiger partial charge in [0, 0.05) is 18.8 Å². The van der Waals surface area contributed by atoms with Gasteiger partial charge in [-0.3, -0.25) is 4.79 Å². The molecule has 1 aliphatic rings. The number of nitrogens with zero attached hydrogens (tertiary/aromatic N) is 1. The van der Waals surface area contributed by atoms with E-state index in [0.29, 0.717) is 0 Å². The Kier molecular flexibility index (Phi) is 6.97. The lowest BCUT2D eigenvalue weighted by molar-refractivity contribution is -0.161. The largest absolute Gasteiger partial charge is 0.406 e. The Bertz CT molecular complexity index is 276. The number of amides is 1. The minimum Gasteiger partial charge on any atom is -0.332 e. The van der Waals surface area contributed by atoms with Crippen molar-refractivity contribution < 1.29 is 18.0 Å².